The van der Waals surface area contributed by atoms with Crippen LogP contribution in [0.4, 0.5) is 5.69 Å². The van der Waals surface area contributed by atoms with Gasteiger partial charge in [0, 0.05) is 5.69 Å². The highest BCUT2D eigenvalue weighted by atomic mass is 32.3. The summed E-state index contributed by atoms with van der Waals surface area (Å²) in [7, 11) is -4.49. The molecule has 0 amide bonds. The van der Waals surface area contributed by atoms with Crippen LogP contribution in [0.5, 0.6) is 0 Å². The molecular formula is C8H11NO6S2. The fraction of sp³-hybridized carbons (Fsp3) is 0.250. The van der Waals surface area contributed by atoms with Crippen LogP contribution in [-0.2, 0) is 29.8 Å². The van der Waals surface area contributed by atoms with Crippen molar-refractivity contribution in [3.63, 3.8) is 0 Å². The van der Waals surface area contributed by atoms with Gasteiger partial charge in [-0.05, 0) is 24.3 Å². The summed E-state index contributed by atoms with van der Waals surface area (Å²) in [6.07, 6.45) is 0. The van der Waals surface area contributed by atoms with Crippen LogP contribution in [0.15, 0.2) is 29.2 Å². The molecule has 0 aliphatic carbocycles. The maximum atomic E-state index is 11.5. The first-order valence-corrected chi connectivity index (χ1v) is 6.85. The standard InChI is InChI=1S/C8H11NO6S2/c9-7-1-3-8(4-2-7)16(10)14-5-6-15-17(11,12)13/h1-4H,5-6,9H2,(H,11,12,13). The Morgan fingerprint density at radius 3 is 2.35 bits per heavy atom. The maximum Gasteiger partial charge on any atom is 0.397 e. The molecule has 0 fully saturated rings. The van der Waals surface area contributed by atoms with Crippen molar-refractivity contribution in [2.45, 2.75) is 4.90 Å². The Hall–Kier alpha value is -1.00. The van der Waals surface area contributed by atoms with Crippen molar-refractivity contribution in [1.82, 2.24) is 0 Å². The van der Waals surface area contributed by atoms with Crippen LogP contribution in [0.1, 0.15) is 0 Å². The number of hydrogen-bond acceptors (Lipinski definition) is 6. The van der Waals surface area contributed by atoms with Crippen LogP contribution in [0.25, 0.3) is 0 Å². The van der Waals surface area contributed by atoms with Crippen LogP contribution >= 0.6 is 0 Å². The van der Waals surface area contributed by atoms with Gasteiger partial charge in [0.2, 0.25) is 0 Å². The summed E-state index contributed by atoms with van der Waals surface area (Å²) in [6, 6.07) is 6.17. The summed E-state index contributed by atoms with van der Waals surface area (Å²) in [6.45, 7) is -0.656. The molecule has 1 aromatic carbocycles. The Morgan fingerprint density at radius 1 is 1.24 bits per heavy atom. The second-order valence-corrected chi connectivity index (χ2v) is 5.14. The molecule has 0 saturated heterocycles. The summed E-state index contributed by atoms with van der Waals surface area (Å²) in [5, 5.41) is 0. The topological polar surface area (TPSA) is 116 Å². The van der Waals surface area contributed by atoms with Crippen molar-refractivity contribution in [2.75, 3.05) is 18.9 Å². The molecule has 0 bridgehead atoms. The number of rotatable bonds is 6. The van der Waals surface area contributed by atoms with Crippen molar-refractivity contribution in [3.05, 3.63) is 24.3 Å². The first-order chi connectivity index (χ1) is 7.88. The van der Waals surface area contributed by atoms with Crippen molar-refractivity contribution in [2.24, 2.45) is 0 Å². The second kappa shape index (κ2) is 6.07. The van der Waals surface area contributed by atoms with E-state index in [0.717, 1.165) is 0 Å². The SMILES string of the molecule is Nc1ccc(S(=O)OCCOS(=O)(=O)O)cc1. The highest BCUT2D eigenvalue weighted by Crippen LogP contribution is 2.10. The number of hydrogen-bond donors (Lipinski definition) is 2. The van der Waals surface area contributed by atoms with Crippen molar-refractivity contribution < 1.29 is 25.5 Å². The molecule has 1 aromatic rings. The zero-order chi connectivity index (χ0) is 12.9. The van der Waals surface area contributed by atoms with E-state index in [-0.39, 0.29) is 6.61 Å². The molecule has 0 saturated carbocycles. The molecule has 3 N–H and O–H groups in total. The molecule has 1 rings (SSSR count). The average Bonchev–Trinajstić information content (AvgIpc) is 2.24. The third kappa shape index (κ3) is 5.75. The molecule has 0 aromatic heterocycles. The highest BCUT2D eigenvalue weighted by Gasteiger charge is 2.07. The molecule has 0 radical (unpaired) electrons. The van der Waals surface area contributed by atoms with Gasteiger partial charge in [0.25, 0.3) is 0 Å². The number of nitrogens with two attached hydrogens (primary N) is 1. The van der Waals surface area contributed by atoms with Gasteiger partial charge in [0.1, 0.15) is 0 Å². The molecule has 0 spiro atoms. The van der Waals surface area contributed by atoms with Crippen LogP contribution < -0.4 is 5.73 Å². The zero-order valence-corrected chi connectivity index (χ0v) is 10.2. The molecule has 1 atom stereocenters. The third-order valence-electron chi connectivity index (χ3n) is 1.58. The quantitative estimate of drug-likeness (QED) is 0.432. The summed E-state index contributed by atoms with van der Waals surface area (Å²) in [5.74, 6) is 0. The average molecular weight is 281 g/mol. The van der Waals surface area contributed by atoms with Gasteiger partial charge >= 0.3 is 10.4 Å². The lowest BCUT2D eigenvalue weighted by atomic mass is 10.3. The van der Waals surface area contributed by atoms with E-state index in [9.17, 15) is 12.6 Å². The van der Waals surface area contributed by atoms with E-state index in [4.69, 9.17) is 14.5 Å². The van der Waals surface area contributed by atoms with E-state index >= 15 is 0 Å². The molecule has 96 valence electrons. The summed E-state index contributed by atoms with van der Waals surface area (Å²) < 4.78 is 48.8. The van der Waals surface area contributed by atoms with Gasteiger partial charge < -0.3 is 5.73 Å². The molecule has 17 heavy (non-hydrogen) atoms. The lowest BCUT2D eigenvalue weighted by Crippen LogP contribution is -2.11. The van der Waals surface area contributed by atoms with E-state index in [1.807, 2.05) is 0 Å². The third-order valence-corrected chi connectivity index (χ3v) is 3.08. The Morgan fingerprint density at radius 2 is 1.82 bits per heavy atom. The Balaban J connectivity index is 2.38. The van der Waals surface area contributed by atoms with E-state index < -0.39 is 28.1 Å². The van der Waals surface area contributed by atoms with Crippen LogP contribution in [0, 0.1) is 0 Å². The smallest absolute Gasteiger partial charge is 0.397 e. The van der Waals surface area contributed by atoms with Gasteiger partial charge in [-0.3, -0.25) is 8.74 Å². The number of benzene rings is 1. The molecule has 0 heterocycles. The minimum atomic E-state index is -4.49. The molecule has 1 unspecified atom stereocenters. The van der Waals surface area contributed by atoms with Crippen molar-refractivity contribution in [1.29, 1.82) is 0 Å². The minimum absolute atomic E-state index is 0.239. The van der Waals surface area contributed by atoms with Gasteiger partial charge in [-0.25, -0.2) is 8.39 Å². The van der Waals surface area contributed by atoms with E-state index in [1.165, 1.54) is 12.1 Å². The van der Waals surface area contributed by atoms with Gasteiger partial charge in [-0.1, -0.05) is 0 Å². The summed E-state index contributed by atoms with van der Waals surface area (Å²) in [5.41, 5.74) is 5.97. The summed E-state index contributed by atoms with van der Waals surface area (Å²) in [4.78, 5) is 0.394. The Kier molecular flexibility index (Phi) is 5.02. The first-order valence-electron chi connectivity index (χ1n) is 4.41. The minimum Gasteiger partial charge on any atom is -0.399 e. The van der Waals surface area contributed by atoms with Crippen LogP contribution in [-0.4, -0.2) is 30.4 Å². The van der Waals surface area contributed by atoms with Crippen LogP contribution in [0.3, 0.4) is 0 Å². The van der Waals surface area contributed by atoms with Gasteiger partial charge in [-0.15, -0.1) is 0 Å². The fourth-order valence-electron chi connectivity index (χ4n) is 0.896. The maximum absolute atomic E-state index is 11.5. The van der Waals surface area contributed by atoms with Crippen LogP contribution in [0.2, 0.25) is 0 Å². The van der Waals surface area contributed by atoms with Crippen molar-refractivity contribution >= 4 is 27.2 Å². The Labute approximate surface area is 101 Å². The lowest BCUT2D eigenvalue weighted by Gasteiger charge is -2.03. The molecule has 0 aliphatic rings. The zero-order valence-electron chi connectivity index (χ0n) is 8.61. The fourth-order valence-corrected chi connectivity index (χ4v) is 1.89. The molecule has 7 nitrogen and oxygen atoms in total. The molecular weight excluding hydrogens is 270 g/mol. The lowest BCUT2D eigenvalue weighted by molar-refractivity contribution is 0.212. The van der Waals surface area contributed by atoms with Gasteiger partial charge in [-0.2, -0.15) is 8.42 Å². The molecule has 9 heteroatoms. The second-order valence-electron chi connectivity index (χ2n) is 2.88. The largest absolute Gasteiger partial charge is 0.399 e. The van der Waals surface area contributed by atoms with E-state index in [1.54, 1.807) is 12.1 Å². The summed E-state index contributed by atoms with van der Waals surface area (Å²) >= 11 is -1.73. The predicted octanol–water partition coefficient (Wildman–Crippen LogP) is 0.127. The van der Waals surface area contributed by atoms with E-state index in [2.05, 4.69) is 4.18 Å². The first kappa shape index (κ1) is 14.1. The normalized spacial score (nSPS) is 13.5. The molecule has 0 aliphatic heterocycles. The van der Waals surface area contributed by atoms with Gasteiger partial charge in [0.15, 0.2) is 11.1 Å². The van der Waals surface area contributed by atoms with E-state index in [0.29, 0.717) is 10.6 Å². The number of nitrogen functional groups attached to an aromatic ring is 1. The van der Waals surface area contributed by atoms with Crippen molar-refractivity contribution in [3.8, 4) is 0 Å². The number of anilines is 1. The monoisotopic (exact) mass is 281 g/mol. The predicted molar refractivity (Wildman–Crippen MR) is 60.7 cm³/mol. The Bertz CT molecular complexity index is 483. The highest BCUT2D eigenvalue weighted by molar-refractivity contribution is 7.81. The van der Waals surface area contributed by atoms with Gasteiger partial charge in [0.05, 0.1) is 18.1 Å².